The van der Waals surface area contributed by atoms with Crippen LogP contribution in [0, 0.1) is 10.6 Å². The Morgan fingerprint density at radius 3 is 2.90 bits per heavy atom. The number of aromatic nitrogens is 2. The molecule has 0 spiro atoms. The van der Waals surface area contributed by atoms with Crippen LogP contribution >= 0.6 is 51.1 Å². The molecule has 3 aromatic rings. The number of hydrogen-bond donors (Lipinski definition) is 1. The monoisotopic (exact) mass is 390 g/mol. The zero-order chi connectivity index (χ0) is 14.3. The van der Waals surface area contributed by atoms with Gasteiger partial charge in [-0.2, -0.15) is 0 Å². The van der Waals surface area contributed by atoms with Gasteiger partial charge >= 0.3 is 0 Å². The van der Waals surface area contributed by atoms with E-state index >= 15 is 0 Å². The summed E-state index contributed by atoms with van der Waals surface area (Å²) in [6.07, 6.45) is 0.841. The van der Waals surface area contributed by atoms with Crippen molar-refractivity contribution < 1.29 is 4.39 Å². The van der Waals surface area contributed by atoms with Gasteiger partial charge in [0.05, 0.1) is 19.8 Å². The van der Waals surface area contributed by atoms with Gasteiger partial charge in [-0.25, -0.2) is 4.39 Å². The summed E-state index contributed by atoms with van der Waals surface area (Å²) in [6.45, 7) is 0.730. The highest BCUT2D eigenvalue weighted by Crippen LogP contribution is 2.25. The number of rotatable bonds is 3. The largest absolute Gasteiger partial charge is 0.330 e. The fourth-order valence-electron chi connectivity index (χ4n) is 2.08. The Bertz CT molecular complexity index is 837. The summed E-state index contributed by atoms with van der Waals surface area (Å²) in [5, 5.41) is 0. The second-order valence-electron chi connectivity index (χ2n) is 4.32. The maximum atomic E-state index is 13.5. The number of nitrogens with zero attached hydrogens (tertiary/aromatic N) is 1. The summed E-state index contributed by atoms with van der Waals surface area (Å²) in [7, 11) is 0. The van der Waals surface area contributed by atoms with Crippen LogP contribution < -0.4 is 0 Å². The summed E-state index contributed by atoms with van der Waals surface area (Å²) in [6, 6.07) is 7.11. The maximum Gasteiger partial charge on any atom is 0.178 e. The number of halogens is 3. The van der Waals surface area contributed by atoms with Crippen molar-refractivity contribution in [3.8, 4) is 0 Å². The number of nitrogens with one attached hydrogen (secondary N) is 1. The highest BCUT2D eigenvalue weighted by molar-refractivity contribution is 9.10. The minimum atomic E-state index is -0.300. The standard InChI is InChI=1S/C13H9BrClFN2S2/c14-8-5-11-10(6-9(8)16)17-13(19)18(11)4-3-7-1-2-12(15)20-7/h1-2,5-6H,3-4H2,(H,17,19). The molecule has 0 unspecified atom stereocenters. The Labute approximate surface area is 137 Å². The van der Waals surface area contributed by atoms with E-state index in [-0.39, 0.29) is 5.82 Å². The molecule has 1 aromatic carbocycles. The molecule has 104 valence electrons. The van der Waals surface area contributed by atoms with Gasteiger partial charge in [0.15, 0.2) is 4.77 Å². The van der Waals surface area contributed by atoms with E-state index in [1.807, 2.05) is 16.7 Å². The van der Waals surface area contributed by atoms with Crippen LogP contribution in [-0.4, -0.2) is 9.55 Å². The van der Waals surface area contributed by atoms with Crippen molar-refractivity contribution in [1.82, 2.24) is 9.55 Å². The van der Waals surface area contributed by atoms with Gasteiger partial charge < -0.3 is 9.55 Å². The molecule has 1 N–H and O–H groups in total. The summed E-state index contributed by atoms with van der Waals surface area (Å²) >= 11 is 16.0. The average Bonchev–Trinajstić information content (AvgIpc) is 2.92. The molecule has 0 radical (unpaired) electrons. The van der Waals surface area contributed by atoms with Crippen molar-refractivity contribution in [2.45, 2.75) is 13.0 Å². The molecule has 3 rings (SSSR count). The first-order valence-corrected chi connectivity index (χ1v) is 8.26. The number of hydrogen-bond acceptors (Lipinski definition) is 2. The molecule has 0 amide bonds. The molecule has 20 heavy (non-hydrogen) atoms. The van der Waals surface area contributed by atoms with Gasteiger partial charge in [0.2, 0.25) is 0 Å². The summed E-state index contributed by atoms with van der Waals surface area (Å²) in [5.41, 5.74) is 1.60. The molecule has 0 saturated heterocycles. The lowest BCUT2D eigenvalue weighted by Gasteiger charge is -2.04. The minimum Gasteiger partial charge on any atom is -0.330 e. The highest BCUT2D eigenvalue weighted by atomic mass is 79.9. The molecule has 0 saturated carbocycles. The number of thiophene rings is 1. The number of aryl methyl sites for hydroxylation is 2. The summed E-state index contributed by atoms with van der Waals surface area (Å²) < 4.78 is 17.3. The Balaban J connectivity index is 1.96. The van der Waals surface area contributed by atoms with Crippen LogP contribution in [0.15, 0.2) is 28.7 Å². The van der Waals surface area contributed by atoms with Crippen LogP contribution in [0.3, 0.4) is 0 Å². The average molecular weight is 392 g/mol. The second-order valence-corrected chi connectivity index (χ2v) is 7.36. The maximum absolute atomic E-state index is 13.5. The number of aromatic amines is 1. The SMILES string of the molecule is Fc1cc2[nH]c(=S)n(CCc3ccc(Cl)s3)c2cc1Br. The smallest absolute Gasteiger partial charge is 0.178 e. The van der Waals surface area contributed by atoms with Gasteiger partial charge in [-0.15, -0.1) is 11.3 Å². The van der Waals surface area contributed by atoms with E-state index in [1.54, 1.807) is 17.4 Å². The van der Waals surface area contributed by atoms with Gasteiger partial charge in [0.1, 0.15) is 5.82 Å². The zero-order valence-corrected chi connectivity index (χ0v) is 14.1. The van der Waals surface area contributed by atoms with Crippen molar-refractivity contribution in [1.29, 1.82) is 0 Å². The topological polar surface area (TPSA) is 20.7 Å². The van der Waals surface area contributed by atoms with Gasteiger partial charge in [0.25, 0.3) is 0 Å². The Morgan fingerprint density at radius 1 is 1.40 bits per heavy atom. The van der Waals surface area contributed by atoms with Crippen LogP contribution in [0.5, 0.6) is 0 Å². The lowest BCUT2D eigenvalue weighted by Crippen LogP contribution is -2.00. The first-order valence-electron chi connectivity index (χ1n) is 5.86. The normalized spacial score (nSPS) is 11.3. The molecule has 7 heteroatoms. The number of H-pyrrole nitrogens is 1. The van der Waals surface area contributed by atoms with Crippen molar-refractivity contribution in [3.05, 3.63) is 48.5 Å². The Kier molecular flexibility index (Phi) is 3.99. The number of benzene rings is 1. The van der Waals surface area contributed by atoms with Crippen LogP contribution in [-0.2, 0) is 13.0 Å². The highest BCUT2D eigenvalue weighted by Gasteiger charge is 2.09. The molecular weight excluding hydrogens is 383 g/mol. The molecule has 0 bridgehead atoms. The second kappa shape index (κ2) is 5.60. The Hall–Kier alpha value is -0.690. The van der Waals surface area contributed by atoms with Crippen LogP contribution in [0.2, 0.25) is 4.34 Å². The van der Waals surface area contributed by atoms with E-state index in [0.29, 0.717) is 14.8 Å². The zero-order valence-electron chi connectivity index (χ0n) is 10.1. The first-order chi connectivity index (χ1) is 9.54. The fourth-order valence-corrected chi connectivity index (χ4v) is 3.79. The molecule has 0 aliphatic carbocycles. The summed E-state index contributed by atoms with van der Waals surface area (Å²) in [5.74, 6) is -0.300. The first kappa shape index (κ1) is 14.3. The predicted molar refractivity (Wildman–Crippen MR) is 87.8 cm³/mol. The number of fused-ring (bicyclic) bond motifs is 1. The number of imidazole rings is 1. The minimum absolute atomic E-state index is 0.300. The van der Waals surface area contributed by atoms with Gasteiger partial charge in [-0.1, -0.05) is 11.6 Å². The molecule has 2 aromatic heterocycles. The Morgan fingerprint density at radius 2 is 2.20 bits per heavy atom. The van der Waals surface area contributed by atoms with E-state index in [2.05, 4.69) is 20.9 Å². The van der Waals surface area contributed by atoms with E-state index in [1.165, 1.54) is 10.9 Å². The van der Waals surface area contributed by atoms with Crippen molar-refractivity contribution >= 4 is 62.1 Å². The molecule has 0 aliphatic rings. The van der Waals surface area contributed by atoms with E-state index in [0.717, 1.165) is 22.8 Å². The van der Waals surface area contributed by atoms with E-state index in [9.17, 15) is 4.39 Å². The fraction of sp³-hybridized carbons (Fsp3) is 0.154. The van der Waals surface area contributed by atoms with E-state index < -0.39 is 0 Å². The molecule has 2 heterocycles. The molecule has 2 nitrogen and oxygen atoms in total. The van der Waals surface area contributed by atoms with Gasteiger partial charge in [-0.3, -0.25) is 0 Å². The van der Waals surface area contributed by atoms with Crippen LogP contribution in [0.25, 0.3) is 11.0 Å². The van der Waals surface area contributed by atoms with Gasteiger partial charge in [-0.05, 0) is 52.8 Å². The molecule has 0 fully saturated rings. The van der Waals surface area contributed by atoms with Gasteiger partial charge in [0, 0.05) is 17.5 Å². The van der Waals surface area contributed by atoms with Crippen molar-refractivity contribution in [2.24, 2.45) is 0 Å². The molecular formula is C13H9BrClFN2S2. The quantitative estimate of drug-likeness (QED) is 0.580. The lowest BCUT2D eigenvalue weighted by atomic mass is 10.3. The summed E-state index contributed by atoms with van der Waals surface area (Å²) in [4.78, 5) is 4.23. The van der Waals surface area contributed by atoms with Crippen molar-refractivity contribution in [2.75, 3.05) is 0 Å². The third kappa shape index (κ3) is 2.70. The van der Waals surface area contributed by atoms with E-state index in [4.69, 9.17) is 23.8 Å². The third-order valence-electron chi connectivity index (χ3n) is 3.03. The van der Waals surface area contributed by atoms with Crippen LogP contribution in [0.1, 0.15) is 4.88 Å². The third-order valence-corrected chi connectivity index (χ3v) is 5.25. The predicted octanol–water partition coefficient (Wildman–Crippen LogP) is 5.56. The van der Waals surface area contributed by atoms with Crippen LogP contribution in [0.4, 0.5) is 4.39 Å². The van der Waals surface area contributed by atoms with Crippen molar-refractivity contribution in [3.63, 3.8) is 0 Å². The molecule has 0 aliphatic heterocycles. The molecule has 0 atom stereocenters. The lowest BCUT2D eigenvalue weighted by molar-refractivity contribution is 0.622.